The fourth-order valence-electron chi connectivity index (χ4n) is 5.98. The molecule has 4 aliphatic rings. The molecule has 1 spiro atoms. The van der Waals surface area contributed by atoms with Crippen LogP contribution in [-0.4, -0.2) is 74.7 Å². The van der Waals surface area contributed by atoms with Crippen molar-refractivity contribution in [3.63, 3.8) is 0 Å². The van der Waals surface area contributed by atoms with Crippen molar-refractivity contribution in [2.75, 3.05) is 69.1 Å². The van der Waals surface area contributed by atoms with Crippen molar-refractivity contribution in [1.29, 1.82) is 0 Å². The number of hydrogen-bond acceptors (Lipinski definition) is 6. The molecule has 1 aromatic rings. The van der Waals surface area contributed by atoms with Crippen molar-refractivity contribution in [3.8, 4) is 0 Å². The van der Waals surface area contributed by atoms with Crippen LogP contribution in [0, 0.1) is 17.3 Å². The summed E-state index contributed by atoms with van der Waals surface area (Å²) >= 11 is 0. The first-order valence-electron chi connectivity index (χ1n) is 12.3. The van der Waals surface area contributed by atoms with Crippen LogP contribution in [0.2, 0.25) is 0 Å². The molecular weight excluding hydrogens is 388 g/mol. The minimum atomic E-state index is 0.109. The van der Waals surface area contributed by atoms with Crippen LogP contribution in [-0.2, 0) is 4.79 Å². The summed E-state index contributed by atoms with van der Waals surface area (Å²) in [6.45, 7) is 10.4. The van der Waals surface area contributed by atoms with Gasteiger partial charge in [-0.2, -0.15) is 0 Å². The molecule has 0 unspecified atom stereocenters. The van der Waals surface area contributed by atoms with Gasteiger partial charge in [-0.25, -0.2) is 4.98 Å². The number of amides is 1. The van der Waals surface area contributed by atoms with Crippen molar-refractivity contribution in [1.82, 2.24) is 20.5 Å². The molecule has 0 atom stereocenters. The zero-order valence-electron chi connectivity index (χ0n) is 18.7. The van der Waals surface area contributed by atoms with Gasteiger partial charge in [0.2, 0.25) is 5.91 Å². The minimum Gasteiger partial charge on any atom is -0.370 e. The zero-order valence-corrected chi connectivity index (χ0v) is 18.7. The van der Waals surface area contributed by atoms with E-state index in [1.807, 2.05) is 12.3 Å². The highest BCUT2D eigenvalue weighted by molar-refractivity contribution is 5.91. The van der Waals surface area contributed by atoms with Gasteiger partial charge in [-0.15, -0.1) is 0 Å². The van der Waals surface area contributed by atoms with Gasteiger partial charge in [-0.3, -0.25) is 4.79 Å². The van der Waals surface area contributed by atoms with Gasteiger partial charge < -0.3 is 25.8 Å². The molecule has 31 heavy (non-hydrogen) atoms. The van der Waals surface area contributed by atoms with Crippen LogP contribution in [0.1, 0.15) is 38.5 Å². The Morgan fingerprint density at radius 1 is 1.03 bits per heavy atom. The van der Waals surface area contributed by atoms with Crippen LogP contribution in [0.4, 0.5) is 11.5 Å². The number of carbonyl (C=O) groups excluding carboxylic acids is 1. The molecule has 0 aromatic carbocycles. The Labute approximate surface area is 186 Å². The first-order chi connectivity index (χ1) is 15.2. The fraction of sp³-hybridized carbons (Fsp3) is 0.750. The fourth-order valence-corrected chi connectivity index (χ4v) is 5.98. The van der Waals surface area contributed by atoms with E-state index in [1.54, 1.807) is 0 Å². The summed E-state index contributed by atoms with van der Waals surface area (Å²) in [6, 6.07) is 4.08. The normalized spacial score (nSPS) is 25.4. The standard InChI is InChI=1S/C24H38N6O/c31-23(20-5-11-26-12-6-20)28-22-2-1-21(15-27-22)30-13-7-24(8-14-30)17-29(18-24)16-19-3-9-25-10-4-19/h1-2,15,19-20,25-26H,3-14,16-18H2,(H,27,28,31). The van der Waals surface area contributed by atoms with E-state index in [9.17, 15) is 4.79 Å². The van der Waals surface area contributed by atoms with E-state index in [1.165, 1.54) is 64.1 Å². The lowest BCUT2D eigenvalue weighted by Gasteiger charge is -2.55. The van der Waals surface area contributed by atoms with Crippen LogP contribution in [0.15, 0.2) is 18.3 Å². The Balaban J connectivity index is 1.07. The number of likely N-dealkylation sites (tertiary alicyclic amines) is 1. The van der Waals surface area contributed by atoms with Crippen molar-refractivity contribution in [2.45, 2.75) is 38.5 Å². The van der Waals surface area contributed by atoms with E-state index < -0.39 is 0 Å². The monoisotopic (exact) mass is 426 g/mol. The summed E-state index contributed by atoms with van der Waals surface area (Å²) in [5, 5.41) is 9.79. The van der Waals surface area contributed by atoms with Crippen molar-refractivity contribution >= 4 is 17.4 Å². The number of nitrogens with one attached hydrogen (secondary N) is 3. The van der Waals surface area contributed by atoms with Gasteiger partial charge in [0.25, 0.3) is 0 Å². The number of carbonyl (C=O) groups is 1. The molecule has 5 rings (SSSR count). The molecule has 7 heteroatoms. The van der Waals surface area contributed by atoms with Gasteiger partial charge in [-0.05, 0) is 88.2 Å². The van der Waals surface area contributed by atoms with Gasteiger partial charge >= 0.3 is 0 Å². The first-order valence-corrected chi connectivity index (χ1v) is 12.3. The highest BCUT2D eigenvalue weighted by atomic mass is 16.1. The van der Waals surface area contributed by atoms with Gasteiger partial charge in [0.1, 0.15) is 5.82 Å². The molecule has 4 aliphatic heterocycles. The summed E-state index contributed by atoms with van der Waals surface area (Å²) in [5.41, 5.74) is 1.74. The summed E-state index contributed by atoms with van der Waals surface area (Å²) in [4.78, 5) is 22.1. The van der Waals surface area contributed by atoms with E-state index in [0.29, 0.717) is 11.2 Å². The van der Waals surface area contributed by atoms with Crippen molar-refractivity contribution < 1.29 is 4.79 Å². The quantitative estimate of drug-likeness (QED) is 0.668. The topological polar surface area (TPSA) is 72.5 Å². The number of nitrogens with zero attached hydrogens (tertiary/aromatic N) is 3. The van der Waals surface area contributed by atoms with Crippen molar-refractivity contribution in [3.05, 3.63) is 18.3 Å². The molecule has 0 radical (unpaired) electrons. The predicted octanol–water partition coefficient (Wildman–Crippen LogP) is 1.92. The van der Waals surface area contributed by atoms with E-state index in [0.717, 1.165) is 44.9 Å². The Hall–Kier alpha value is -1.70. The number of rotatable bonds is 5. The van der Waals surface area contributed by atoms with Gasteiger partial charge in [-0.1, -0.05) is 0 Å². The highest BCUT2D eigenvalue weighted by Crippen LogP contribution is 2.41. The molecular formula is C24H38N6O. The molecule has 0 saturated carbocycles. The van der Waals surface area contributed by atoms with Gasteiger partial charge in [0.05, 0.1) is 11.9 Å². The second kappa shape index (κ2) is 9.43. The lowest BCUT2D eigenvalue weighted by Crippen LogP contribution is -2.61. The highest BCUT2D eigenvalue weighted by Gasteiger charge is 2.45. The molecule has 7 nitrogen and oxygen atoms in total. The second-order valence-electron chi connectivity index (χ2n) is 10.3. The maximum Gasteiger partial charge on any atom is 0.228 e. The maximum absolute atomic E-state index is 12.4. The molecule has 0 bridgehead atoms. The first kappa shape index (κ1) is 21.2. The summed E-state index contributed by atoms with van der Waals surface area (Å²) in [7, 11) is 0. The van der Waals surface area contributed by atoms with Crippen LogP contribution in [0.5, 0.6) is 0 Å². The number of hydrogen-bond donors (Lipinski definition) is 3. The van der Waals surface area contributed by atoms with E-state index in [-0.39, 0.29) is 11.8 Å². The molecule has 3 N–H and O–H groups in total. The minimum absolute atomic E-state index is 0.109. The van der Waals surface area contributed by atoms with Crippen LogP contribution >= 0.6 is 0 Å². The number of pyridine rings is 1. The third-order valence-corrected chi connectivity index (χ3v) is 7.99. The molecule has 0 aliphatic carbocycles. The predicted molar refractivity (Wildman–Crippen MR) is 124 cm³/mol. The second-order valence-corrected chi connectivity index (χ2v) is 10.3. The largest absolute Gasteiger partial charge is 0.370 e. The van der Waals surface area contributed by atoms with E-state index >= 15 is 0 Å². The average molecular weight is 427 g/mol. The van der Waals surface area contributed by atoms with Crippen LogP contribution in [0.25, 0.3) is 0 Å². The Bertz CT molecular complexity index is 725. The molecule has 4 saturated heterocycles. The third-order valence-electron chi connectivity index (χ3n) is 7.99. The SMILES string of the molecule is O=C(Nc1ccc(N2CCC3(CC2)CN(CC2CCNCC2)C3)cn1)C1CCNCC1. The Morgan fingerprint density at radius 2 is 1.71 bits per heavy atom. The zero-order chi connectivity index (χ0) is 21.1. The Morgan fingerprint density at radius 3 is 2.35 bits per heavy atom. The average Bonchev–Trinajstić information content (AvgIpc) is 2.80. The smallest absolute Gasteiger partial charge is 0.228 e. The summed E-state index contributed by atoms with van der Waals surface area (Å²) < 4.78 is 0. The number of anilines is 2. The third kappa shape index (κ3) is 5.04. The Kier molecular flexibility index (Phi) is 6.44. The van der Waals surface area contributed by atoms with Gasteiger partial charge in [0, 0.05) is 38.6 Å². The van der Waals surface area contributed by atoms with Gasteiger partial charge in [0.15, 0.2) is 0 Å². The van der Waals surface area contributed by atoms with Crippen LogP contribution in [0.3, 0.4) is 0 Å². The lowest BCUT2D eigenvalue weighted by atomic mass is 9.71. The van der Waals surface area contributed by atoms with E-state index in [4.69, 9.17) is 0 Å². The molecule has 1 amide bonds. The summed E-state index contributed by atoms with van der Waals surface area (Å²) in [6.07, 6.45) is 9.01. The molecule has 4 fully saturated rings. The number of aromatic nitrogens is 1. The maximum atomic E-state index is 12.4. The molecule has 1 aromatic heterocycles. The number of piperidine rings is 3. The van der Waals surface area contributed by atoms with E-state index in [2.05, 4.69) is 36.8 Å². The summed E-state index contributed by atoms with van der Waals surface area (Å²) in [5.74, 6) is 1.80. The molecule has 5 heterocycles. The lowest BCUT2D eigenvalue weighted by molar-refractivity contribution is -0.120. The van der Waals surface area contributed by atoms with Crippen LogP contribution < -0.4 is 20.9 Å². The van der Waals surface area contributed by atoms with Crippen molar-refractivity contribution in [2.24, 2.45) is 17.3 Å². The molecule has 170 valence electrons.